The summed E-state index contributed by atoms with van der Waals surface area (Å²) in [5, 5.41) is 0. The molecular formula is C13H19NO4S. The zero-order valence-corrected chi connectivity index (χ0v) is 12.4. The first-order valence-electron chi connectivity index (χ1n) is 5.86. The topological polar surface area (TPSA) is 72.5 Å². The maximum absolute atomic E-state index is 11.8. The Morgan fingerprint density at radius 1 is 1.32 bits per heavy atom. The summed E-state index contributed by atoms with van der Waals surface area (Å²) in [7, 11) is -2.24. The van der Waals surface area contributed by atoms with Crippen LogP contribution in [0.2, 0.25) is 0 Å². The minimum absolute atomic E-state index is 0.0419. The van der Waals surface area contributed by atoms with Gasteiger partial charge >= 0.3 is 5.97 Å². The van der Waals surface area contributed by atoms with Crippen LogP contribution in [-0.4, -0.2) is 28.0 Å². The number of carbonyl (C=O) groups is 1. The molecule has 1 aromatic rings. The molecule has 0 bridgehead atoms. The monoisotopic (exact) mass is 285 g/mol. The number of hydrogen-bond donors (Lipinski definition) is 1. The third-order valence-electron chi connectivity index (χ3n) is 2.29. The molecule has 0 unspecified atom stereocenters. The summed E-state index contributed by atoms with van der Waals surface area (Å²) in [6, 6.07) is 5.76. The van der Waals surface area contributed by atoms with Gasteiger partial charge in [0.2, 0.25) is 10.0 Å². The van der Waals surface area contributed by atoms with E-state index >= 15 is 0 Å². The predicted molar refractivity (Wildman–Crippen MR) is 72.4 cm³/mol. The van der Waals surface area contributed by atoms with Gasteiger partial charge in [-0.25, -0.2) is 17.9 Å². The highest BCUT2D eigenvalue weighted by Crippen LogP contribution is 2.16. The van der Waals surface area contributed by atoms with Crippen LogP contribution in [0.15, 0.2) is 29.2 Å². The molecule has 6 heteroatoms. The number of benzene rings is 1. The van der Waals surface area contributed by atoms with E-state index in [9.17, 15) is 13.2 Å². The van der Waals surface area contributed by atoms with Crippen LogP contribution in [0.25, 0.3) is 0 Å². The second-order valence-corrected chi connectivity index (χ2v) is 7.26. The van der Waals surface area contributed by atoms with Gasteiger partial charge in [-0.3, -0.25) is 0 Å². The third kappa shape index (κ3) is 4.65. The predicted octanol–water partition coefficient (Wildman–Crippen LogP) is 1.80. The van der Waals surface area contributed by atoms with E-state index in [0.717, 1.165) is 0 Å². The van der Waals surface area contributed by atoms with Crippen molar-refractivity contribution in [3.8, 4) is 0 Å². The van der Waals surface area contributed by atoms with Gasteiger partial charge in [0, 0.05) is 0 Å². The Morgan fingerprint density at radius 3 is 2.47 bits per heavy atom. The summed E-state index contributed by atoms with van der Waals surface area (Å²) >= 11 is 0. The van der Waals surface area contributed by atoms with Crippen molar-refractivity contribution in [3.05, 3.63) is 29.8 Å². The van der Waals surface area contributed by atoms with Crippen molar-refractivity contribution >= 4 is 16.0 Å². The fraction of sp³-hybridized carbons (Fsp3) is 0.462. The Morgan fingerprint density at radius 2 is 1.95 bits per heavy atom. The average molecular weight is 285 g/mol. The summed E-state index contributed by atoms with van der Waals surface area (Å²) in [6.45, 7) is 6.11. The number of nitrogens with one attached hydrogen (secondary N) is 1. The van der Waals surface area contributed by atoms with Crippen molar-refractivity contribution in [1.29, 1.82) is 0 Å². The molecule has 106 valence electrons. The van der Waals surface area contributed by atoms with E-state index in [2.05, 4.69) is 4.72 Å². The van der Waals surface area contributed by atoms with Gasteiger partial charge in [0.1, 0.15) is 0 Å². The van der Waals surface area contributed by atoms with Crippen LogP contribution in [0.1, 0.15) is 31.1 Å². The number of carbonyl (C=O) groups excluding carboxylic acids is 1. The minimum atomic E-state index is -3.56. The third-order valence-corrected chi connectivity index (χ3v) is 3.70. The fourth-order valence-corrected chi connectivity index (χ4v) is 2.05. The van der Waals surface area contributed by atoms with Crippen molar-refractivity contribution in [1.82, 2.24) is 4.72 Å². The van der Waals surface area contributed by atoms with Gasteiger partial charge in [0.25, 0.3) is 0 Å². The van der Waals surface area contributed by atoms with E-state index in [1.807, 2.05) is 20.8 Å². The Labute approximate surface area is 114 Å². The van der Waals surface area contributed by atoms with Gasteiger partial charge in [-0.05, 0) is 30.7 Å². The SMILES string of the molecule is CNS(=O)(=O)c1cccc(C(=O)OCC(C)(C)C)c1. The van der Waals surface area contributed by atoms with Gasteiger partial charge in [-0.15, -0.1) is 0 Å². The second-order valence-electron chi connectivity index (χ2n) is 5.37. The molecule has 0 atom stereocenters. The number of esters is 1. The van der Waals surface area contributed by atoms with Crippen LogP contribution < -0.4 is 4.72 Å². The van der Waals surface area contributed by atoms with E-state index < -0.39 is 16.0 Å². The molecule has 0 fully saturated rings. The fourth-order valence-electron chi connectivity index (χ4n) is 1.27. The Bertz CT molecular complexity index is 558. The quantitative estimate of drug-likeness (QED) is 0.856. The molecule has 1 rings (SSSR count). The Kier molecular flexibility index (Phi) is 4.70. The summed E-state index contributed by atoms with van der Waals surface area (Å²) in [5.74, 6) is -0.525. The molecular weight excluding hydrogens is 266 g/mol. The smallest absolute Gasteiger partial charge is 0.338 e. The molecule has 1 N–H and O–H groups in total. The lowest BCUT2D eigenvalue weighted by molar-refractivity contribution is 0.0366. The van der Waals surface area contributed by atoms with Gasteiger partial charge in [0.05, 0.1) is 17.1 Å². The molecule has 0 aromatic heterocycles. The molecule has 19 heavy (non-hydrogen) atoms. The van der Waals surface area contributed by atoms with E-state index in [4.69, 9.17) is 4.74 Å². The molecule has 0 radical (unpaired) electrons. The van der Waals surface area contributed by atoms with E-state index in [0.29, 0.717) is 0 Å². The lowest BCUT2D eigenvalue weighted by atomic mass is 9.99. The summed E-state index contributed by atoms with van der Waals surface area (Å²) in [6.07, 6.45) is 0. The van der Waals surface area contributed by atoms with Crippen molar-refractivity contribution in [2.75, 3.05) is 13.7 Å². The van der Waals surface area contributed by atoms with E-state index in [1.54, 1.807) is 0 Å². The summed E-state index contributed by atoms with van der Waals surface area (Å²) in [4.78, 5) is 11.9. The highest BCUT2D eigenvalue weighted by atomic mass is 32.2. The van der Waals surface area contributed by atoms with Gasteiger partial charge in [-0.2, -0.15) is 0 Å². The standard InChI is InChI=1S/C13H19NO4S/c1-13(2,3)9-18-12(15)10-6-5-7-11(8-10)19(16,17)14-4/h5-8,14H,9H2,1-4H3. The first-order valence-corrected chi connectivity index (χ1v) is 7.35. The van der Waals surface area contributed by atoms with Crippen molar-refractivity contribution in [3.63, 3.8) is 0 Å². The second kappa shape index (κ2) is 5.71. The van der Waals surface area contributed by atoms with Gasteiger partial charge < -0.3 is 4.74 Å². The number of ether oxygens (including phenoxy) is 1. The molecule has 0 amide bonds. The van der Waals surface area contributed by atoms with Crippen LogP contribution in [0.3, 0.4) is 0 Å². The first kappa shape index (κ1) is 15.7. The van der Waals surface area contributed by atoms with Crippen LogP contribution in [0.4, 0.5) is 0 Å². The number of hydrogen-bond acceptors (Lipinski definition) is 4. The number of sulfonamides is 1. The molecule has 0 aliphatic rings. The molecule has 0 saturated heterocycles. The van der Waals surface area contributed by atoms with Crippen molar-refractivity contribution in [2.24, 2.45) is 5.41 Å². The average Bonchev–Trinajstić information content (AvgIpc) is 2.35. The molecule has 0 saturated carbocycles. The molecule has 1 aromatic carbocycles. The van der Waals surface area contributed by atoms with Crippen LogP contribution >= 0.6 is 0 Å². The highest BCUT2D eigenvalue weighted by molar-refractivity contribution is 7.89. The normalized spacial score (nSPS) is 12.2. The van der Waals surface area contributed by atoms with Crippen molar-refractivity contribution < 1.29 is 17.9 Å². The molecule has 0 aliphatic heterocycles. The van der Waals surface area contributed by atoms with Gasteiger partial charge in [0.15, 0.2) is 0 Å². The highest BCUT2D eigenvalue weighted by Gasteiger charge is 2.17. The van der Waals surface area contributed by atoms with Crippen LogP contribution in [0.5, 0.6) is 0 Å². The molecule has 5 nitrogen and oxygen atoms in total. The van der Waals surface area contributed by atoms with Crippen LogP contribution in [0, 0.1) is 5.41 Å². The largest absolute Gasteiger partial charge is 0.462 e. The Balaban J connectivity index is 2.91. The minimum Gasteiger partial charge on any atom is -0.462 e. The lowest BCUT2D eigenvalue weighted by Crippen LogP contribution is -2.20. The summed E-state index contributed by atoms with van der Waals surface area (Å²) in [5.41, 5.74) is 0.0882. The Hall–Kier alpha value is -1.40. The van der Waals surface area contributed by atoms with Crippen molar-refractivity contribution in [2.45, 2.75) is 25.7 Å². The molecule has 0 aliphatic carbocycles. The lowest BCUT2D eigenvalue weighted by Gasteiger charge is -2.17. The maximum Gasteiger partial charge on any atom is 0.338 e. The maximum atomic E-state index is 11.8. The van der Waals surface area contributed by atoms with E-state index in [1.165, 1.54) is 31.3 Å². The molecule has 0 spiro atoms. The van der Waals surface area contributed by atoms with E-state index in [-0.39, 0.29) is 22.5 Å². The van der Waals surface area contributed by atoms with Crippen LogP contribution in [-0.2, 0) is 14.8 Å². The summed E-state index contributed by atoms with van der Waals surface area (Å²) < 4.78 is 30.6. The molecule has 0 heterocycles. The number of rotatable bonds is 4. The first-order chi connectivity index (χ1) is 8.65. The van der Waals surface area contributed by atoms with Gasteiger partial charge in [-0.1, -0.05) is 26.8 Å². The zero-order valence-electron chi connectivity index (χ0n) is 11.6. The zero-order chi connectivity index (χ0) is 14.7.